The van der Waals surface area contributed by atoms with Crippen LogP contribution < -0.4 is 15.5 Å². The van der Waals surface area contributed by atoms with E-state index >= 15 is 0 Å². The van der Waals surface area contributed by atoms with Crippen molar-refractivity contribution in [2.45, 2.75) is 32.7 Å². The minimum Gasteiger partial charge on any atom is -0.349 e. The van der Waals surface area contributed by atoms with Crippen LogP contribution in [0.25, 0.3) is 22.2 Å². The first-order chi connectivity index (χ1) is 16.5. The number of nitrogens with zero attached hydrogens (tertiary/aromatic N) is 6. The molecule has 9 heteroatoms. The second-order valence-electron chi connectivity index (χ2n) is 8.59. The number of anilines is 3. The summed E-state index contributed by atoms with van der Waals surface area (Å²) in [6.45, 7) is 5.85. The Morgan fingerprint density at radius 2 is 1.82 bits per heavy atom. The lowest BCUT2D eigenvalue weighted by atomic mass is 10.1. The lowest BCUT2D eigenvalue weighted by Gasteiger charge is -2.15. The maximum atomic E-state index is 12.1. The predicted molar refractivity (Wildman–Crippen MR) is 132 cm³/mol. The van der Waals surface area contributed by atoms with E-state index in [-0.39, 0.29) is 11.9 Å². The molecule has 3 aromatic heterocycles. The highest BCUT2D eigenvalue weighted by atomic mass is 16.1. The molecule has 1 aromatic carbocycles. The second kappa shape index (κ2) is 9.38. The van der Waals surface area contributed by atoms with Gasteiger partial charge in [0.05, 0.1) is 23.1 Å². The molecule has 2 N–H and O–H groups in total. The van der Waals surface area contributed by atoms with Gasteiger partial charge in [-0.1, -0.05) is 6.07 Å². The largest absolute Gasteiger partial charge is 0.349 e. The molecule has 9 nitrogen and oxygen atoms in total. The molecule has 0 radical (unpaired) electrons. The Hall–Kier alpha value is -4.14. The number of fused-ring (bicyclic) bond motifs is 1. The normalized spacial score (nSPS) is 13.4. The Labute approximate surface area is 197 Å². The molecule has 0 bridgehead atoms. The van der Waals surface area contributed by atoms with Crippen molar-refractivity contribution in [3.05, 3.63) is 60.7 Å². The van der Waals surface area contributed by atoms with Crippen LogP contribution in [0.5, 0.6) is 0 Å². The second-order valence-corrected chi connectivity index (χ2v) is 8.59. The van der Waals surface area contributed by atoms with E-state index in [1.54, 1.807) is 24.5 Å². The summed E-state index contributed by atoms with van der Waals surface area (Å²) in [7, 11) is 0. The standard InChI is InChI=1S/C25H26N8O/c1-16(2)29-23(34)22-8-6-19(15-27-22)30-24-26-10-9-21(31-24)17-5-7-20-18(13-17)14-28-25(32-20)33-11-3-4-12-33/h5-10,13-16H,3-4,11-12H2,1-2H3,(H,29,34)(H,26,30,31). The molecule has 4 heterocycles. The number of nitrogens with one attached hydrogen (secondary N) is 2. The Kier molecular flexibility index (Phi) is 5.99. The summed E-state index contributed by atoms with van der Waals surface area (Å²) in [5.41, 5.74) is 3.71. The molecule has 0 aliphatic carbocycles. The molecule has 5 rings (SSSR count). The van der Waals surface area contributed by atoms with Crippen LogP contribution >= 0.6 is 0 Å². The van der Waals surface area contributed by atoms with Gasteiger partial charge in [0.2, 0.25) is 11.9 Å². The third-order valence-electron chi connectivity index (χ3n) is 5.58. The molecule has 1 fully saturated rings. The molecular formula is C25H26N8O. The van der Waals surface area contributed by atoms with Gasteiger partial charge in [-0.05, 0) is 57.0 Å². The van der Waals surface area contributed by atoms with Gasteiger partial charge in [-0.2, -0.15) is 0 Å². The summed E-state index contributed by atoms with van der Waals surface area (Å²) in [5.74, 6) is 1.04. The van der Waals surface area contributed by atoms with Crippen molar-refractivity contribution >= 4 is 34.4 Å². The van der Waals surface area contributed by atoms with Crippen molar-refractivity contribution in [3.8, 4) is 11.3 Å². The van der Waals surface area contributed by atoms with Crippen LogP contribution in [-0.4, -0.2) is 50.0 Å². The quantitative estimate of drug-likeness (QED) is 0.451. The van der Waals surface area contributed by atoms with E-state index in [1.807, 2.05) is 44.3 Å². The van der Waals surface area contributed by atoms with Crippen molar-refractivity contribution in [2.75, 3.05) is 23.3 Å². The van der Waals surface area contributed by atoms with E-state index in [0.29, 0.717) is 17.3 Å². The SMILES string of the molecule is CC(C)NC(=O)c1ccc(Nc2nccc(-c3ccc4nc(N5CCCC5)ncc4c3)n2)cn1. The maximum Gasteiger partial charge on any atom is 0.270 e. The third-order valence-corrected chi connectivity index (χ3v) is 5.58. The zero-order valence-electron chi connectivity index (χ0n) is 19.2. The number of benzene rings is 1. The number of rotatable bonds is 6. The number of aromatic nitrogens is 5. The average Bonchev–Trinajstić information content (AvgIpc) is 3.39. The van der Waals surface area contributed by atoms with Gasteiger partial charge in [0.25, 0.3) is 5.91 Å². The number of hydrogen-bond donors (Lipinski definition) is 2. The van der Waals surface area contributed by atoms with E-state index in [4.69, 9.17) is 4.98 Å². The minimum absolute atomic E-state index is 0.0528. The highest BCUT2D eigenvalue weighted by Crippen LogP contribution is 2.25. The number of amides is 1. The van der Waals surface area contributed by atoms with Crippen LogP contribution in [0, 0.1) is 0 Å². The summed E-state index contributed by atoms with van der Waals surface area (Å²) in [5, 5.41) is 6.94. The number of carbonyl (C=O) groups excluding carboxylic acids is 1. The summed E-state index contributed by atoms with van der Waals surface area (Å²) < 4.78 is 0. The molecule has 34 heavy (non-hydrogen) atoms. The van der Waals surface area contributed by atoms with Gasteiger partial charge in [-0.15, -0.1) is 0 Å². The molecule has 1 aliphatic heterocycles. The van der Waals surface area contributed by atoms with E-state index in [2.05, 4.69) is 35.5 Å². The monoisotopic (exact) mass is 454 g/mol. The van der Waals surface area contributed by atoms with E-state index < -0.39 is 0 Å². The first kappa shape index (κ1) is 21.7. The van der Waals surface area contributed by atoms with Crippen LogP contribution in [0.4, 0.5) is 17.6 Å². The maximum absolute atomic E-state index is 12.1. The van der Waals surface area contributed by atoms with Gasteiger partial charge in [0.15, 0.2) is 0 Å². The van der Waals surface area contributed by atoms with Crippen LogP contribution in [0.15, 0.2) is 55.0 Å². The topological polar surface area (TPSA) is 109 Å². The van der Waals surface area contributed by atoms with Gasteiger partial charge in [0.1, 0.15) is 5.69 Å². The van der Waals surface area contributed by atoms with Crippen LogP contribution in [-0.2, 0) is 0 Å². The van der Waals surface area contributed by atoms with Gasteiger partial charge >= 0.3 is 0 Å². The Balaban J connectivity index is 1.33. The van der Waals surface area contributed by atoms with Crippen molar-refractivity contribution in [1.29, 1.82) is 0 Å². The summed E-state index contributed by atoms with van der Waals surface area (Å²) >= 11 is 0. The van der Waals surface area contributed by atoms with Gasteiger partial charge in [-0.25, -0.2) is 24.9 Å². The molecule has 4 aromatic rings. The fourth-order valence-corrected chi connectivity index (χ4v) is 3.90. The molecule has 0 spiro atoms. The van der Waals surface area contributed by atoms with Crippen molar-refractivity contribution in [1.82, 2.24) is 30.2 Å². The molecule has 1 saturated heterocycles. The Bertz CT molecular complexity index is 1320. The summed E-state index contributed by atoms with van der Waals surface area (Å²) in [4.78, 5) is 36.8. The highest BCUT2D eigenvalue weighted by Gasteiger charge is 2.15. The molecule has 1 amide bonds. The zero-order valence-corrected chi connectivity index (χ0v) is 19.2. The van der Waals surface area contributed by atoms with Crippen molar-refractivity contribution < 1.29 is 4.79 Å². The molecule has 1 aliphatic rings. The minimum atomic E-state index is -0.201. The molecule has 0 saturated carbocycles. The molecule has 0 atom stereocenters. The average molecular weight is 455 g/mol. The molecule has 172 valence electrons. The van der Waals surface area contributed by atoms with Crippen molar-refractivity contribution in [3.63, 3.8) is 0 Å². The lowest BCUT2D eigenvalue weighted by molar-refractivity contribution is 0.0938. The smallest absolute Gasteiger partial charge is 0.270 e. The van der Waals surface area contributed by atoms with Crippen LogP contribution in [0.2, 0.25) is 0 Å². The van der Waals surface area contributed by atoms with Crippen LogP contribution in [0.1, 0.15) is 37.2 Å². The third kappa shape index (κ3) is 4.78. The first-order valence-corrected chi connectivity index (χ1v) is 11.4. The van der Waals surface area contributed by atoms with Gasteiger partial charge in [0, 0.05) is 42.5 Å². The van der Waals surface area contributed by atoms with E-state index in [9.17, 15) is 4.79 Å². The predicted octanol–water partition coefficient (Wildman–Crippen LogP) is 3.96. The summed E-state index contributed by atoms with van der Waals surface area (Å²) in [6, 6.07) is 11.4. The van der Waals surface area contributed by atoms with E-state index in [1.165, 1.54) is 12.8 Å². The molecular weight excluding hydrogens is 428 g/mol. The lowest BCUT2D eigenvalue weighted by Crippen LogP contribution is -2.30. The fourth-order valence-electron chi connectivity index (χ4n) is 3.90. The number of pyridine rings is 1. The number of carbonyl (C=O) groups is 1. The van der Waals surface area contributed by atoms with Crippen molar-refractivity contribution in [2.24, 2.45) is 0 Å². The first-order valence-electron chi connectivity index (χ1n) is 11.4. The fraction of sp³-hybridized carbons (Fsp3) is 0.280. The molecule has 0 unspecified atom stereocenters. The summed E-state index contributed by atoms with van der Waals surface area (Å²) in [6.07, 6.45) is 7.56. The van der Waals surface area contributed by atoms with Crippen LogP contribution in [0.3, 0.4) is 0 Å². The Morgan fingerprint density at radius 3 is 2.59 bits per heavy atom. The van der Waals surface area contributed by atoms with Gasteiger partial charge in [-0.3, -0.25) is 4.79 Å². The Morgan fingerprint density at radius 1 is 0.971 bits per heavy atom. The highest BCUT2D eigenvalue weighted by molar-refractivity contribution is 5.92. The van der Waals surface area contributed by atoms with Gasteiger partial charge < -0.3 is 15.5 Å². The number of hydrogen-bond acceptors (Lipinski definition) is 8. The zero-order chi connectivity index (χ0) is 23.5. The van der Waals surface area contributed by atoms with E-state index in [0.717, 1.165) is 41.2 Å².